The minimum Gasteiger partial charge on any atom is -0.318 e. The zero-order valence-electron chi connectivity index (χ0n) is 16.2. The van der Waals surface area contributed by atoms with E-state index in [-0.39, 0.29) is 26.8 Å². The third kappa shape index (κ3) is 3.39. The van der Waals surface area contributed by atoms with Crippen molar-refractivity contribution in [1.82, 2.24) is 9.58 Å². The highest BCUT2D eigenvalue weighted by Crippen LogP contribution is 2.31. The number of benzene rings is 1. The molecule has 1 N–H and O–H groups in total. The smallest absolute Gasteiger partial charge is 0.283 e. The third-order valence-electron chi connectivity index (χ3n) is 4.59. The van der Waals surface area contributed by atoms with Crippen LogP contribution in [0.1, 0.15) is 17.0 Å². The number of nitrogens with zero attached hydrogens (tertiary/aromatic N) is 4. The first-order valence-electron chi connectivity index (χ1n) is 8.71. The van der Waals surface area contributed by atoms with E-state index in [4.69, 9.17) is 5.41 Å². The van der Waals surface area contributed by atoms with Crippen LogP contribution < -0.4 is 0 Å². The number of halogens is 1. The van der Waals surface area contributed by atoms with Gasteiger partial charge in [0.05, 0.1) is 5.57 Å². The number of fused-ring (bicyclic) bond motifs is 1. The number of carbonyl (C=O) groups is 1. The fourth-order valence-electron chi connectivity index (χ4n) is 3.23. The lowest BCUT2D eigenvalue weighted by Crippen LogP contribution is -2.35. The van der Waals surface area contributed by atoms with Gasteiger partial charge < -0.3 is 4.57 Å². The second-order valence-corrected chi connectivity index (χ2v) is 9.95. The van der Waals surface area contributed by atoms with Gasteiger partial charge in [-0.2, -0.15) is 10.0 Å². The molecule has 0 saturated carbocycles. The molecular weight excluding hydrogens is 429 g/mol. The highest BCUT2D eigenvalue weighted by Gasteiger charge is 2.38. The Balaban J connectivity index is 1.76. The van der Waals surface area contributed by atoms with Gasteiger partial charge in [-0.1, -0.05) is 6.07 Å². The van der Waals surface area contributed by atoms with Crippen LogP contribution in [0.4, 0.5) is 4.39 Å². The molecule has 2 aliphatic rings. The summed E-state index contributed by atoms with van der Waals surface area (Å²) in [5.41, 5.74) is 2.84. The maximum atomic E-state index is 13.7. The lowest BCUT2D eigenvalue weighted by atomic mass is 10.1. The fourth-order valence-corrected chi connectivity index (χ4v) is 4.91. The third-order valence-corrected chi connectivity index (χ3v) is 7.17. The number of sulfone groups is 1. The molecule has 154 valence electrons. The second kappa shape index (κ2) is 7.03. The van der Waals surface area contributed by atoms with E-state index in [1.165, 1.54) is 18.2 Å². The Morgan fingerprint density at radius 2 is 1.97 bits per heavy atom. The summed E-state index contributed by atoms with van der Waals surface area (Å²) in [5, 5.41) is 13.4. The predicted molar refractivity (Wildman–Crippen MR) is 115 cm³/mol. The number of aromatic nitrogens is 1. The van der Waals surface area contributed by atoms with Crippen LogP contribution in [-0.2, 0) is 14.6 Å². The molecule has 4 rings (SSSR count). The molecule has 2 aliphatic heterocycles. The average Bonchev–Trinajstić information content (AvgIpc) is 3.20. The normalized spacial score (nSPS) is 18.0. The largest absolute Gasteiger partial charge is 0.318 e. The molecule has 0 radical (unpaired) electrons. The summed E-state index contributed by atoms with van der Waals surface area (Å²) in [6.07, 6.45) is 2.52. The van der Waals surface area contributed by atoms with Gasteiger partial charge in [-0.3, -0.25) is 10.2 Å². The molecule has 0 aliphatic carbocycles. The van der Waals surface area contributed by atoms with Crippen LogP contribution in [0.15, 0.2) is 46.0 Å². The Kier molecular flexibility index (Phi) is 4.74. The molecule has 0 saturated heterocycles. The number of nitrogens with one attached hydrogen (secondary N) is 1. The van der Waals surface area contributed by atoms with Gasteiger partial charge in [-0.25, -0.2) is 12.8 Å². The van der Waals surface area contributed by atoms with Gasteiger partial charge in [0.1, 0.15) is 5.82 Å². The SMILES string of the molecule is Cc1cc(/C=C2/C(=N)N3N=C(S(C)(=O)=O)SC3=NC2=O)c(C)n1-c1cccc(F)c1. The van der Waals surface area contributed by atoms with Crippen molar-refractivity contribution in [2.45, 2.75) is 13.8 Å². The summed E-state index contributed by atoms with van der Waals surface area (Å²) in [7, 11) is -3.59. The van der Waals surface area contributed by atoms with Gasteiger partial charge in [-0.05, 0) is 61.5 Å². The number of aryl methyl sites for hydroxylation is 1. The molecule has 0 bridgehead atoms. The quantitative estimate of drug-likeness (QED) is 0.715. The van der Waals surface area contributed by atoms with Crippen LogP contribution in [-0.4, -0.2) is 45.5 Å². The highest BCUT2D eigenvalue weighted by atomic mass is 32.3. The van der Waals surface area contributed by atoms with Crippen molar-refractivity contribution in [3.63, 3.8) is 0 Å². The van der Waals surface area contributed by atoms with Gasteiger partial charge >= 0.3 is 0 Å². The van der Waals surface area contributed by atoms with Gasteiger partial charge in [0.15, 0.2) is 5.84 Å². The van der Waals surface area contributed by atoms with Gasteiger partial charge in [0.25, 0.3) is 5.91 Å². The van der Waals surface area contributed by atoms with Crippen LogP contribution >= 0.6 is 11.8 Å². The molecule has 0 atom stereocenters. The number of amides is 1. The summed E-state index contributed by atoms with van der Waals surface area (Å²) in [6.45, 7) is 3.67. The van der Waals surface area contributed by atoms with Crippen molar-refractivity contribution in [3.05, 3.63) is 58.7 Å². The maximum absolute atomic E-state index is 13.7. The number of aliphatic imine (C=N–C) groups is 1. The molecule has 30 heavy (non-hydrogen) atoms. The summed E-state index contributed by atoms with van der Waals surface area (Å²) in [5.74, 6) is -1.27. The summed E-state index contributed by atoms with van der Waals surface area (Å²) >= 11 is 0.735. The van der Waals surface area contributed by atoms with Gasteiger partial charge in [0, 0.05) is 23.3 Å². The summed E-state index contributed by atoms with van der Waals surface area (Å²) < 4.78 is 38.8. The van der Waals surface area contributed by atoms with E-state index < -0.39 is 15.7 Å². The number of thioether (sulfide) groups is 1. The Hall–Kier alpha value is -3.05. The van der Waals surface area contributed by atoms with E-state index >= 15 is 0 Å². The zero-order chi connectivity index (χ0) is 21.8. The minimum atomic E-state index is -3.59. The number of amidine groups is 2. The van der Waals surface area contributed by atoms with E-state index in [2.05, 4.69) is 10.1 Å². The number of rotatable bonds is 2. The first-order chi connectivity index (χ1) is 14.1. The minimum absolute atomic E-state index is 0.0163. The molecule has 1 aromatic heterocycles. The van der Waals surface area contributed by atoms with Crippen LogP contribution in [0.2, 0.25) is 0 Å². The molecule has 11 heteroatoms. The van der Waals surface area contributed by atoms with Crippen molar-refractivity contribution in [2.75, 3.05) is 6.26 Å². The van der Waals surface area contributed by atoms with Crippen LogP contribution in [0, 0.1) is 25.1 Å². The van der Waals surface area contributed by atoms with E-state index in [0.717, 1.165) is 34.4 Å². The Bertz CT molecular complexity index is 1320. The molecule has 1 aromatic carbocycles. The Morgan fingerprint density at radius 1 is 1.23 bits per heavy atom. The number of hydrogen-bond acceptors (Lipinski definition) is 6. The standard InChI is InChI=1S/C19H16FN5O3S2/c1-10-7-12(11(2)24(10)14-6-4-5-13(20)9-14)8-15-16(21)25-18(22-17(15)26)29-19(23-25)30(3,27)28/h4-9,21H,1-3H3/b15-8-,21-16?. The van der Waals surface area contributed by atoms with Crippen molar-refractivity contribution in [1.29, 1.82) is 5.41 Å². The van der Waals surface area contributed by atoms with E-state index in [1.807, 2.05) is 24.5 Å². The monoisotopic (exact) mass is 445 g/mol. The number of hydrogen-bond donors (Lipinski definition) is 1. The van der Waals surface area contributed by atoms with Crippen molar-refractivity contribution >= 4 is 49.0 Å². The molecule has 3 heterocycles. The van der Waals surface area contributed by atoms with Crippen LogP contribution in [0.25, 0.3) is 11.8 Å². The lowest BCUT2D eigenvalue weighted by Gasteiger charge is -2.20. The predicted octanol–water partition coefficient (Wildman–Crippen LogP) is 2.85. The molecule has 2 aromatic rings. The average molecular weight is 446 g/mol. The van der Waals surface area contributed by atoms with Crippen molar-refractivity contribution in [3.8, 4) is 5.69 Å². The topological polar surface area (TPSA) is 108 Å². The second-order valence-electron chi connectivity index (χ2n) is 6.80. The fraction of sp³-hybridized carbons (Fsp3) is 0.158. The first-order valence-corrected chi connectivity index (χ1v) is 11.4. The lowest BCUT2D eigenvalue weighted by molar-refractivity contribution is -0.114. The van der Waals surface area contributed by atoms with Gasteiger partial charge in [-0.15, -0.1) is 5.10 Å². The summed E-state index contributed by atoms with van der Waals surface area (Å²) in [4.78, 5) is 16.4. The van der Waals surface area contributed by atoms with E-state index in [1.54, 1.807) is 12.1 Å². The maximum Gasteiger partial charge on any atom is 0.283 e. The number of hydrazone groups is 1. The van der Waals surface area contributed by atoms with Crippen LogP contribution in [0.3, 0.4) is 0 Å². The number of carbonyl (C=O) groups excluding carboxylic acids is 1. The van der Waals surface area contributed by atoms with Crippen molar-refractivity contribution in [2.24, 2.45) is 10.1 Å². The molecule has 8 nitrogen and oxygen atoms in total. The van der Waals surface area contributed by atoms with E-state index in [9.17, 15) is 17.6 Å². The van der Waals surface area contributed by atoms with E-state index in [0.29, 0.717) is 11.3 Å². The molecular formula is C19H16FN5O3S2. The summed E-state index contributed by atoms with van der Waals surface area (Å²) in [6, 6.07) is 7.96. The van der Waals surface area contributed by atoms with Crippen LogP contribution in [0.5, 0.6) is 0 Å². The highest BCUT2D eigenvalue weighted by molar-refractivity contribution is 8.42. The molecule has 0 spiro atoms. The molecule has 0 fully saturated rings. The van der Waals surface area contributed by atoms with Gasteiger partial charge in [0.2, 0.25) is 19.4 Å². The molecule has 0 unspecified atom stereocenters. The Morgan fingerprint density at radius 3 is 2.63 bits per heavy atom. The molecule has 1 amide bonds. The first kappa shape index (κ1) is 20.2. The van der Waals surface area contributed by atoms with Crippen molar-refractivity contribution < 1.29 is 17.6 Å². The zero-order valence-corrected chi connectivity index (χ0v) is 17.8. The Labute approximate surface area is 176 Å².